The van der Waals surface area contributed by atoms with Crippen LogP contribution < -0.4 is 5.73 Å². The Hall–Kier alpha value is -1.58. The van der Waals surface area contributed by atoms with Gasteiger partial charge in [-0.3, -0.25) is 0 Å². The lowest BCUT2D eigenvalue weighted by Crippen LogP contribution is -2.17. The number of nitrogens with zero attached hydrogens (tertiary/aromatic N) is 1. The average molecular weight is 343 g/mol. The van der Waals surface area contributed by atoms with Crippen molar-refractivity contribution in [1.29, 1.82) is 0 Å². The van der Waals surface area contributed by atoms with E-state index in [-0.39, 0.29) is 6.04 Å². The molecular formula is C18H19BrN2. The van der Waals surface area contributed by atoms with Crippen molar-refractivity contribution in [3.63, 3.8) is 0 Å². The van der Waals surface area contributed by atoms with Gasteiger partial charge in [-0.1, -0.05) is 40.2 Å². The molecule has 0 fully saturated rings. The van der Waals surface area contributed by atoms with Crippen LogP contribution >= 0.6 is 15.9 Å². The van der Waals surface area contributed by atoms with Crippen molar-refractivity contribution >= 4 is 26.8 Å². The molecule has 0 aliphatic carbocycles. The third kappa shape index (κ3) is 3.20. The Morgan fingerprint density at radius 3 is 2.71 bits per heavy atom. The van der Waals surface area contributed by atoms with Crippen LogP contribution in [0.3, 0.4) is 0 Å². The van der Waals surface area contributed by atoms with E-state index in [1.807, 2.05) is 13.0 Å². The number of aromatic nitrogens is 1. The third-order valence-electron chi connectivity index (χ3n) is 3.69. The first kappa shape index (κ1) is 14.4. The number of benzene rings is 2. The molecule has 1 unspecified atom stereocenters. The molecule has 0 saturated heterocycles. The highest BCUT2D eigenvalue weighted by atomic mass is 79.9. The molecule has 0 spiro atoms. The van der Waals surface area contributed by atoms with Gasteiger partial charge in [0.25, 0.3) is 0 Å². The van der Waals surface area contributed by atoms with Gasteiger partial charge in [0.05, 0.1) is 0 Å². The monoisotopic (exact) mass is 342 g/mol. The summed E-state index contributed by atoms with van der Waals surface area (Å²) < 4.78 is 3.44. The van der Waals surface area contributed by atoms with Gasteiger partial charge in [0, 0.05) is 28.8 Å². The number of rotatable bonds is 4. The topological polar surface area (TPSA) is 30.9 Å². The normalized spacial score (nSPS) is 12.7. The molecule has 0 bridgehead atoms. The quantitative estimate of drug-likeness (QED) is 0.751. The van der Waals surface area contributed by atoms with Crippen LogP contribution in [-0.4, -0.2) is 10.6 Å². The van der Waals surface area contributed by atoms with Crippen molar-refractivity contribution < 1.29 is 0 Å². The highest BCUT2D eigenvalue weighted by Gasteiger charge is 2.06. The van der Waals surface area contributed by atoms with Gasteiger partial charge >= 0.3 is 0 Å². The molecule has 1 aromatic heterocycles. The lowest BCUT2D eigenvalue weighted by Gasteiger charge is -2.09. The molecule has 3 rings (SSSR count). The maximum atomic E-state index is 5.88. The number of nitrogens with two attached hydrogens (primary N) is 1. The van der Waals surface area contributed by atoms with E-state index < -0.39 is 0 Å². The summed E-state index contributed by atoms with van der Waals surface area (Å²) in [6, 6.07) is 17.4. The number of hydrogen-bond donors (Lipinski definition) is 1. The van der Waals surface area contributed by atoms with E-state index in [0.717, 1.165) is 17.4 Å². The maximum Gasteiger partial charge on any atom is 0.0487 e. The van der Waals surface area contributed by atoms with Crippen LogP contribution in [0.25, 0.3) is 10.9 Å². The Balaban J connectivity index is 1.92. The second kappa shape index (κ2) is 6.04. The first-order valence-electron chi connectivity index (χ1n) is 7.20. The van der Waals surface area contributed by atoms with Gasteiger partial charge in [0.15, 0.2) is 0 Å². The molecule has 2 N–H and O–H groups in total. The fourth-order valence-electron chi connectivity index (χ4n) is 2.70. The first-order valence-corrected chi connectivity index (χ1v) is 7.99. The molecular weight excluding hydrogens is 324 g/mol. The van der Waals surface area contributed by atoms with Crippen LogP contribution in [0.15, 0.2) is 59.2 Å². The fraction of sp³-hybridized carbons (Fsp3) is 0.222. The highest BCUT2D eigenvalue weighted by Crippen LogP contribution is 2.22. The van der Waals surface area contributed by atoms with Crippen molar-refractivity contribution in [2.45, 2.75) is 25.9 Å². The summed E-state index contributed by atoms with van der Waals surface area (Å²) in [6.07, 6.45) is 3.07. The van der Waals surface area contributed by atoms with Crippen LogP contribution in [0.4, 0.5) is 0 Å². The van der Waals surface area contributed by atoms with Gasteiger partial charge in [-0.2, -0.15) is 0 Å². The number of hydrogen-bond acceptors (Lipinski definition) is 1. The fourth-order valence-corrected chi connectivity index (χ4v) is 3.11. The molecule has 3 heteroatoms. The van der Waals surface area contributed by atoms with E-state index in [1.54, 1.807) is 0 Å². The maximum absolute atomic E-state index is 5.88. The molecule has 0 aliphatic heterocycles. The van der Waals surface area contributed by atoms with Crippen LogP contribution in [0.2, 0.25) is 0 Å². The van der Waals surface area contributed by atoms with E-state index in [9.17, 15) is 0 Å². The summed E-state index contributed by atoms with van der Waals surface area (Å²) in [5.74, 6) is 0. The van der Waals surface area contributed by atoms with E-state index in [2.05, 4.69) is 69.2 Å². The van der Waals surface area contributed by atoms with Crippen LogP contribution in [-0.2, 0) is 13.0 Å². The van der Waals surface area contributed by atoms with E-state index in [1.165, 1.54) is 22.0 Å². The minimum Gasteiger partial charge on any atom is -0.343 e. The Labute approximate surface area is 133 Å². The van der Waals surface area contributed by atoms with Gasteiger partial charge in [-0.25, -0.2) is 0 Å². The van der Waals surface area contributed by atoms with Crippen molar-refractivity contribution in [3.8, 4) is 0 Å². The SMILES string of the molecule is CC(N)Cc1ccc2c(ccn2Cc2ccccc2Br)c1. The summed E-state index contributed by atoms with van der Waals surface area (Å²) in [4.78, 5) is 0. The van der Waals surface area contributed by atoms with Gasteiger partial charge in [-0.05, 0) is 54.1 Å². The summed E-state index contributed by atoms with van der Waals surface area (Å²) in [5, 5.41) is 1.28. The van der Waals surface area contributed by atoms with Crippen LogP contribution in [0.1, 0.15) is 18.1 Å². The molecule has 21 heavy (non-hydrogen) atoms. The lowest BCUT2D eigenvalue weighted by molar-refractivity contribution is 0.738. The largest absolute Gasteiger partial charge is 0.343 e. The highest BCUT2D eigenvalue weighted by molar-refractivity contribution is 9.10. The van der Waals surface area contributed by atoms with Crippen molar-refractivity contribution in [1.82, 2.24) is 4.57 Å². The summed E-state index contributed by atoms with van der Waals surface area (Å²) >= 11 is 3.62. The molecule has 2 aromatic carbocycles. The molecule has 0 saturated carbocycles. The Kier molecular flexibility index (Phi) is 4.13. The Bertz CT molecular complexity index is 759. The second-order valence-electron chi connectivity index (χ2n) is 5.61. The first-order chi connectivity index (χ1) is 10.1. The van der Waals surface area contributed by atoms with Crippen molar-refractivity contribution in [3.05, 3.63) is 70.3 Å². The Morgan fingerprint density at radius 2 is 1.95 bits per heavy atom. The standard InChI is InChI=1S/C18H19BrN2/c1-13(20)10-14-6-7-18-15(11-14)8-9-21(18)12-16-4-2-3-5-17(16)19/h2-9,11,13H,10,12,20H2,1H3. The van der Waals surface area contributed by atoms with Crippen molar-refractivity contribution in [2.75, 3.05) is 0 Å². The predicted molar refractivity (Wildman–Crippen MR) is 92.5 cm³/mol. The smallest absolute Gasteiger partial charge is 0.0487 e. The van der Waals surface area contributed by atoms with Crippen LogP contribution in [0.5, 0.6) is 0 Å². The summed E-state index contributed by atoms with van der Waals surface area (Å²) in [7, 11) is 0. The van der Waals surface area contributed by atoms with Gasteiger partial charge in [0.1, 0.15) is 0 Å². The zero-order valence-electron chi connectivity index (χ0n) is 12.1. The molecule has 3 aromatic rings. The Morgan fingerprint density at radius 1 is 1.14 bits per heavy atom. The molecule has 108 valence electrons. The molecule has 1 atom stereocenters. The molecule has 2 nitrogen and oxygen atoms in total. The van der Waals surface area contributed by atoms with Gasteiger partial charge in [-0.15, -0.1) is 0 Å². The van der Waals surface area contributed by atoms with E-state index >= 15 is 0 Å². The zero-order valence-corrected chi connectivity index (χ0v) is 13.7. The molecule has 0 aliphatic rings. The zero-order chi connectivity index (χ0) is 14.8. The lowest BCUT2D eigenvalue weighted by atomic mass is 10.1. The molecule has 1 heterocycles. The second-order valence-corrected chi connectivity index (χ2v) is 6.46. The van der Waals surface area contributed by atoms with Gasteiger partial charge < -0.3 is 10.3 Å². The summed E-state index contributed by atoms with van der Waals surface area (Å²) in [6.45, 7) is 2.92. The molecule has 0 amide bonds. The summed E-state index contributed by atoms with van der Waals surface area (Å²) in [5.41, 5.74) is 9.73. The van der Waals surface area contributed by atoms with Gasteiger partial charge in [0.2, 0.25) is 0 Å². The minimum atomic E-state index is 0.199. The number of fused-ring (bicyclic) bond motifs is 1. The van der Waals surface area contributed by atoms with Crippen molar-refractivity contribution in [2.24, 2.45) is 5.73 Å². The third-order valence-corrected chi connectivity index (χ3v) is 4.47. The molecule has 0 radical (unpaired) electrons. The minimum absolute atomic E-state index is 0.199. The van der Waals surface area contributed by atoms with Crippen LogP contribution in [0, 0.1) is 0 Å². The average Bonchev–Trinajstić information content (AvgIpc) is 2.83. The van der Waals surface area contributed by atoms with E-state index in [4.69, 9.17) is 5.73 Å². The predicted octanol–water partition coefficient (Wildman–Crippen LogP) is 4.34. The van der Waals surface area contributed by atoms with E-state index in [0.29, 0.717) is 0 Å². The number of halogens is 1.